The van der Waals surface area contributed by atoms with Crippen LogP contribution in [-0.2, 0) is 16.1 Å². The third-order valence-electron chi connectivity index (χ3n) is 5.34. The van der Waals surface area contributed by atoms with Crippen molar-refractivity contribution < 1.29 is 14.3 Å². The van der Waals surface area contributed by atoms with Gasteiger partial charge in [-0.05, 0) is 43.7 Å². The highest BCUT2D eigenvalue weighted by Gasteiger charge is 2.36. The predicted molar refractivity (Wildman–Crippen MR) is 142 cm³/mol. The zero-order valence-electron chi connectivity index (χ0n) is 19.3. The average molecular weight is 598 g/mol. The van der Waals surface area contributed by atoms with Gasteiger partial charge < -0.3 is 14.8 Å². The van der Waals surface area contributed by atoms with E-state index in [-0.39, 0.29) is 6.61 Å². The van der Waals surface area contributed by atoms with Gasteiger partial charge in [-0.1, -0.05) is 63.9 Å². The van der Waals surface area contributed by atoms with Gasteiger partial charge in [0.1, 0.15) is 18.4 Å². The molecule has 2 heterocycles. The monoisotopic (exact) mass is 596 g/mol. The Balaban J connectivity index is 1.79. The van der Waals surface area contributed by atoms with E-state index in [0.29, 0.717) is 38.2 Å². The maximum absolute atomic E-state index is 12.9. The molecule has 3 aromatic rings. The summed E-state index contributed by atoms with van der Waals surface area (Å²) in [7, 11) is 1.36. The number of carbonyl (C=O) groups excluding carboxylic acids is 1. The Morgan fingerprint density at radius 2 is 2.06 bits per heavy atom. The molecule has 1 unspecified atom stereocenters. The molecule has 11 heteroatoms. The van der Waals surface area contributed by atoms with Crippen molar-refractivity contribution in [1.29, 1.82) is 0 Å². The highest BCUT2D eigenvalue weighted by atomic mass is 79.9. The number of carbonyl (C=O) groups is 1. The van der Waals surface area contributed by atoms with Crippen molar-refractivity contribution in [3.8, 4) is 5.75 Å². The Labute approximate surface area is 226 Å². The fourth-order valence-corrected chi connectivity index (χ4v) is 5.23. The van der Waals surface area contributed by atoms with Gasteiger partial charge >= 0.3 is 5.97 Å². The van der Waals surface area contributed by atoms with E-state index in [1.165, 1.54) is 7.11 Å². The predicted octanol–water partition coefficient (Wildman–Crippen LogP) is 6.89. The number of halogens is 3. The molecule has 1 N–H and O–H groups in total. The summed E-state index contributed by atoms with van der Waals surface area (Å²) in [5.41, 5.74) is 2.57. The van der Waals surface area contributed by atoms with Gasteiger partial charge in [0.05, 0.1) is 12.7 Å². The number of thioether (sulfide) groups is 1. The van der Waals surface area contributed by atoms with E-state index in [1.807, 2.05) is 31.2 Å². The molecule has 1 aliphatic heterocycles. The summed E-state index contributed by atoms with van der Waals surface area (Å²) in [6.07, 6.45) is 0.993. The maximum Gasteiger partial charge on any atom is 0.338 e. The molecule has 0 aliphatic carbocycles. The van der Waals surface area contributed by atoms with Crippen molar-refractivity contribution >= 4 is 62.8 Å². The minimum absolute atomic E-state index is 0.216. The number of allylic oxidation sites excluding steroid dienone is 1. The molecule has 1 atom stereocenters. The molecule has 184 valence electrons. The van der Waals surface area contributed by atoms with E-state index in [9.17, 15) is 4.79 Å². The molecular formula is C24H23BrCl2N4O3S. The fourth-order valence-electron chi connectivity index (χ4n) is 3.71. The van der Waals surface area contributed by atoms with Gasteiger partial charge in [0, 0.05) is 37.1 Å². The number of rotatable bonds is 8. The number of hydrogen-bond donors (Lipinski definition) is 1. The number of hydrogen-bond acceptors (Lipinski definition) is 7. The lowest BCUT2D eigenvalue weighted by atomic mass is 9.95. The lowest BCUT2D eigenvalue weighted by Gasteiger charge is -2.29. The number of methoxy groups -OCH3 is 1. The van der Waals surface area contributed by atoms with Crippen LogP contribution in [0.2, 0.25) is 10.0 Å². The first-order valence-corrected chi connectivity index (χ1v) is 13.4. The number of benzene rings is 2. The SMILES string of the molecule is CCCSc1nc2n(n1)C(c1cc(Br)ccc1OCc1ccc(Cl)cc1Cl)C(C(=O)OC)=C(C)N2. The maximum atomic E-state index is 12.9. The minimum Gasteiger partial charge on any atom is -0.488 e. The summed E-state index contributed by atoms with van der Waals surface area (Å²) >= 11 is 17.5. The van der Waals surface area contributed by atoms with Crippen LogP contribution in [0.15, 0.2) is 57.3 Å². The van der Waals surface area contributed by atoms with E-state index in [2.05, 4.69) is 33.2 Å². The van der Waals surface area contributed by atoms with Gasteiger partial charge in [0.25, 0.3) is 0 Å². The van der Waals surface area contributed by atoms with Crippen LogP contribution in [0.25, 0.3) is 0 Å². The highest BCUT2D eigenvalue weighted by Crippen LogP contribution is 2.41. The number of aromatic nitrogens is 3. The summed E-state index contributed by atoms with van der Waals surface area (Å²) in [5.74, 6) is 1.54. The Hall–Kier alpha value is -2.20. The fraction of sp³-hybridized carbons (Fsp3) is 0.292. The van der Waals surface area contributed by atoms with Crippen molar-refractivity contribution in [2.45, 2.75) is 38.1 Å². The van der Waals surface area contributed by atoms with Crippen molar-refractivity contribution in [3.05, 3.63) is 73.3 Å². The largest absolute Gasteiger partial charge is 0.488 e. The number of ether oxygens (including phenoxy) is 2. The molecule has 0 bridgehead atoms. The number of anilines is 1. The zero-order chi connectivity index (χ0) is 25.1. The first kappa shape index (κ1) is 25.9. The molecule has 0 spiro atoms. The van der Waals surface area contributed by atoms with Gasteiger partial charge in [-0.25, -0.2) is 9.48 Å². The molecule has 0 fully saturated rings. The zero-order valence-corrected chi connectivity index (χ0v) is 23.2. The second-order valence-electron chi connectivity index (χ2n) is 7.78. The van der Waals surface area contributed by atoms with Crippen LogP contribution in [-0.4, -0.2) is 33.6 Å². The molecule has 0 saturated heterocycles. The van der Waals surface area contributed by atoms with Crippen LogP contribution in [0.5, 0.6) is 5.75 Å². The Morgan fingerprint density at radius 3 is 2.77 bits per heavy atom. The van der Waals surface area contributed by atoms with Gasteiger partial charge in [-0.3, -0.25) is 0 Å². The number of nitrogens with zero attached hydrogens (tertiary/aromatic N) is 3. The molecular weight excluding hydrogens is 575 g/mol. The summed E-state index contributed by atoms with van der Waals surface area (Å²) in [6, 6.07) is 10.3. The van der Waals surface area contributed by atoms with Crippen LogP contribution in [0, 0.1) is 0 Å². The number of nitrogens with one attached hydrogen (secondary N) is 1. The van der Waals surface area contributed by atoms with Crippen LogP contribution in [0.1, 0.15) is 37.4 Å². The summed E-state index contributed by atoms with van der Waals surface area (Å²) < 4.78 is 13.9. The normalized spacial score (nSPS) is 15.0. The van der Waals surface area contributed by atoms with Gasteiger partial charge in [0.2, 0.25) is 11.1 Å². The second kappa shape index (κ2) is 11.2. The summed E-state index contributed by atoms with van der Waals surface area (Å²) in [6.45, 7) is 4.14. The number of esters is 1. The minimum atomic E-state index is -0.615. The Morgan fingerprint density at radius 1 is 1.26 bits per heavy atom. The topological polar surface area (TPSA) is 78.3 Å². The van der Waals surface area contributed by atoms with Gasteiger partial charge in [0.15, 0.2) is 0 Å². The molecule has 1 aromatic heterocycles. The highest BCUT2D eigenvalue weighted by molar-refractivity contribution is 9.10. The smallest absolute Gasteiger partial charge is 0.338 e. The molecule has 0 amide bonds. The first-order chi connectivity index (χ1) is 16.8. The first-order valence-electron chi connectivity index (χ1n) is 10.8. The lowest BCUT2D eigenvalue weighted by Crippen LogP contribution is -2.29. The van der Waals surface area contributed by atoms with Crippen LogP contribution in [0.4, 0.5) is 5.95 Å². The van der Waals surface area contributed by atoms with Crippen LogP contribution in [0.3, 0.4) is 0 Å². The third kappa shape index (κ3) is 5.63. The van der Waals surface area contributed by atoms with E-state index in [0.717, 1.165) is 27.8 Å². The molecule has 4 rings (SSSR count). The van der Waals surface area contributed by atoms with Crippen molar-refractivity contribution in [2.24, 2.45) is 0 Å². The molecule has 1 aliphatic rings. The van der Waals surface area contributed by atoms with Crippen LogP contribution < -0.4 is 10.1 Å². The molecule has 35 heavy (non-hydrogen) atoms. The molecule has 0 radical (unpaired) electrons. The Bertz CT molecular complexity index is 1300. The van der Waals surface area contributed by atoms with E-state index in [4.69, 9.17) is 37.8 Å². The third-order valence-corrected chi connectivity index (χ3v) is 7.46. The Kier molecular flexibility index (Phi) is 8.31. The van der Waals surface area contributed by atoms with Gasteiger partial charge in [-0.2, -0.15) is 4.98 Å². The second-order valence-corrected chi connectivity index (χ2v) is 10.6. The quantitative estimate of drug-likeness (QED) is 0.224. The standard InChI is InChI=1S/C24H23BrCl2N4O3S/c1-4-9-35-24-29-23-28-13(2)20(22(32)33-3)21(31(23)30-24)17-10-15(25)6-8-19(17)34-12-14-5-7-16(26)11-18(14)27/h5-8,10-11,21H,4,9,12H2,1-3H3,(H,28,29,30). The van der Waals surface area contributed by atoms with Crippen LogP contribution >= 0.6 is 50.9 Å². The number of fused-ring (bicyclic) bond motifs is 1. The molecule has 0 saturated carbocycles. The molecule has 7 nitrogen and oxygen atoms in total. The van der Waals surface area contributed by atoms with Crippen molar-refractivity contribution in [1.82, 2.24) is 14.8 Å². The molecule has 2 aromatic carbocycles. The average Bonchev–Trinajstić information content (AvgIpc) is 3.23. The van der Waals surface area contributed by atoms with Crippen molar-refractivity contribution in [2.75, 3.05) is 18.2 Å². The van der Waals surface area contributed by atoms with Crippen molar-refractivity contribution in [3.63, 3.8) is 0 Å². The summed E-state index contributed by atoms with van der Waals surface area (Å²) in [5, 5.41) is 9.61. The lowest BCUT2D eigenvalue weighted by molar-refractivity contribution is -0.136. The van der Waals surface area contributed by atoms with E-state index < -0.39 is 12.0 Å². The van der Waals surface area contributed by atoms with E-state index >= 15 is 0 Å². The van der Waals surface area contributed by atoms with E-state index in [1.54, 1.807) is 28.6 Å². The summed E-state index contributed by atoms with van der Waals surface area (Å²) in [4.78, 5) is 17.6. The van der Waals surface area contributed by atoms with Gasteiger partial charge in [-0.15, -0.1) is 5.10 Å².